The lowest BCUT2D eigenvalue weighted by Gasteiger charge is -2.37. The van der Waals surface area contributed by atoms with E-state index in [2.05, 4.69) is 16.7 Å². The van der Waals surface area contributed by atoms with Crippen LogP contribution in [0.1, 0.15) is 26.3 Å². The highest BCUT2D eigenvalue weighted by Gasteiger charge is 2.26. The maximum absolute atomic E-state index is 13.0. The first-order chi connectivity index (χ1) is 17.1. The van der Waals surface area contributed by atoms with E-state index in [1.807, 2.05) is 78.2 Å². The Labute approximate surface area is 210 Å². The van der Waals surface area contributed by atoms with Gasteiger partial charge in [0.25, 0.3) is 0 Å². The number of carbonyl (C=O) groups excluding carboxylic acids is 2. The second-order valence-electron chi connectivity index (χ2n) is 8.67. The Kier molecular flexibility index (Phi) is 10.6. The number of hydrogen-bond acceptors (Lipinski definition) is 5. The predicted octanol–water partition coefficient (Wildman–Crippen LogP) is 3.36. The van der Waals surface area contributed by atoms with Crippen LogP contribution >= 0.6 is 0 Å². The van der Waals surface area contributed by atoms with Crippen LogP contribution in [0.5, 0.6) is 11.5 Å². The molecule has 7 heteroatoms. The summed E-state index contributed by atoms with van der Waals surface area (Å²) in [6.45, 7) is 14.0. The number of hydrogen-bond donors (Lipinski definition) is 0. The van der Waals surface area contributed by atoms with E-state index in [1.165, 1.54) is 0 Å². The largest absolute Gasteiger partial charge is 0.457 e. The number of piperazine rings is 2. The third-order valence-corrected chi connectivity index (χ3v) is 6.54. The standard InChI is InChI=1S/C26H34N4O3.C2H6/c1-2-27-12-16-30(17-13-27)26(32)21-28-14-18-29(19-15-28)25(31)20-22-8-6-7-11-24(22)33-23-9-4-3-5-10-23;1-2/h3-11H,2,12-21H2,1H3;1-2H3. The van der Waals surface area contributed by atoms with Gasteiger partial charge in [0.1, 0.15) is 11.5 Å². The zero-order chi connectivity index (χ0) is 25.0. The van der Waals surface area contributed by atoms with E-state index in [9.17, 15) is 9.59 Å². The van der Waals surface area contributed by atoms with Gasteiger partial charge in [0.15, 0.2) is 0 Å². The van der Waals surface area contributed by atoms with E-state index >= 15 is 0 Å². The van der Waals surface area contributed by atoms with Gasteiger partial charge in [-0.05, 0) is 24.7 Å². The van der Waals surface area contributed by atoms with Gasteiger partial charge in [0.05, 0.1) is 13.0 Å². The van der Waals surface area contributed by atoms with Crippen molar-refractivity contribution in [3.8, 4) is 11.5 Å². The molecular weight excluding hydrogens is 440 g/mol. The molecule has 0 unspecified atom stereocenters. The second-order valence-corrected chi connectivity index (χ2v) is 8.67. The molecule has 7 nitrogen and oxygen atoms in total. The number of amides is 2. The summed E-state index contributed by atoms with van der Waals surface area (Å²) in [5.41, 5.74) is 0.884. The molecule has 0 spiro atoms. The molecule has 2 amide bonds. The highest BCUT2D eigenvalue weighted by molar-refractivity contribution is 5.80. The quantitative estimate of drug-likeness (QED) is 0.608. The third kappa shape index (κ3) is 7.80. The van der Waals surface area contributed by atoms with Gasteiger partial charge in [-0.1, -0.05) is 57.2 Å². The van der Waals surface area contributed by atoms with Crippen LogP contribution in [0.3, 0.4) is 0 Å². The second kappa shape index (κ2) is 13.9. The minimum absolute atomic E-state index is 0.0979. The first-order valence-corrected chi connectivity index (χ1v) is 12.9. The molecule has 2 fully saturated rings. The summed E-state index contributed by atoms with van der Waals surface area (Å²) in [7, 11) is 0. The molecule has 0 N–H and O–H groups in total. The van der Waals surface area contributed by atoms with Crippen LogP contribution in [0.15, 0.2) is 54.6 Å². The molecule has 0 aliphatic carbocycles. The third-order valence-electron chi connectivity index (χ3n) is 6.54. The highest BCUT2D eigenvalue weighted by Crippen LogP contribution is 2.26. The molecule has 0 atom stereocenters. The van der Waals surface area contributed by atoms with Crippen molar-refractivity contribution in [3.63, 3.8) is 0 Å². The first-order valence-electron chi connectivity index (χ1n) is 12.9. The van der Waals surface area contributed by atoms with Gasteiger partial charge in [-0.2, -0.15) is 0 Å². The molecule has 0 aromatic heterocycles. The van der Waals surface area contributed by atoms with Gasteiger partial charge in [-0.25, -0.2) is 0 Å². The molecule has 0 bridgehead atoms. The molecule has 2 aromatic carbocycles. The number of para-hydroxylation sites is 2. The zero-order valence-corrected chi connectivity index (χ0v) is 21.5. The number of benzene rings is 2. The van der Waals surface area contributed by atoms with Gasteiger partial charge < -0.3 is 19.4 Å². The minimum Gasteiger partial charge on any atom is -0.457 e. The van der Waals surface area contributed by atoms with Crippen LogP contribution < -0.4 is 4.74 Å². The molecule has 4 rings (SSSR count). The van der Waals surface area contributed by atoms with Crippen molar-refractivity contribution >= 4 is 11.8 Å². The normalized spacial score (nSPS) is 16.9. The summed E-state index contributed by atoms with van der Waals surface area (Å²) in [5, 5.41) is 0. The molecule has 190 valence electrons. The summed E-state index contributed by atoms with van der Waals surface area (Å²) in [6.07, 6.45) is 0.309. The summed E-state index contributed by atoms with van der Waals surface area (Å²) in [4.78, 5) is 34.1. The van der Waals surface area contributed by atoms with Crippen molar-refractivity contribution in [2.75, 3.05) is 65.4 Å². The van der Waals surface area contributed by atoms with Gasteiger partial charge in [-0.15, -0.1) is 0 Å². The Morgan fingerprint density at radius 2 is 1.26 bits per heavy atom. The monoisotopic (exact) mass is 480 g/mol. The lowest BCUT2D eigenvalue weighted by Crippen LogP contribution is -2.54. The fraction of sp³-hybridized carbons (Fsp3) is 0.500. The number of nitrogens with zero attached hydrogens (tertiary/aromatic N) is 4. The Bertz CT molecular complexity index is 921. The molecule has 2 saturated heterocycles. The lowest BCUT2D eigenvalue weighted by atomic mass is 10.1. The van der Waals surface area contributed by atoms with Gasteiger partial charge in [0, 0.05) is 57.9 Å². The van der Waals surface area contributed by atoms with E-state index in [1.54, 1.807) is 0 Å². The summed E-state index contributed by atoms with van der Waals surface area (Å²) >= 11 is 0. The van der Waals surface area contributed by atoms with Gasteiger partial charge in [-0.3, -0.25) is 14.5 Å². The van der Waals surface area contributed by atoms with Crippen LogP contribution in [-0.4, -0.2) is 96.9 Å². The highest BCUT2D eigenvalue weighted by atomic mass is 16.5. The van der Waals surface area contributed by atoms with Crippen LogP contribution in [0.4, 0.5) is 0 Å². The van der Waals surface area contributed by atoms with Crippen LogP contribution in [0.25, 0.3) is 0 Å². The van der Waals surface area contributed by atoms with E-state index in [4.69, 9.17) is 4.74 Å². The predicted molar refractivity (Wildman–Crippen MR) is 140 cm³/mol. The number of likely N-dealkylation sites (N-methyl/N-ethyl adjacent to an activating group) is 1. The average molecular weight is 481 g/mol. The maximum atomic E-state index is 13.0. The summed E-state index contributed by atoms with van der Waals surface area (Å²) < 4.78 is 6.01. The van der Waals surface area contributed by atoms with Gasteiger partial charge >= 0.3 is 0 Å². The Morgan fingerprint density at radius 3 is 1.89 bits per heavy atom. The Balaban J connectivity index is 0.00000167. The van der Waals surface area contributed by atoms with E-state index in [0.717, 1.165) is 57.1 Å². The SMILES string of the molecule is CC.CCN1CCN(C(=O)CN2CCN(C(=O)Cc3ccccc3Oc3ccccc3)CC2)CC1. The fourth-order valence-corrected chi connectivity index (χ4v) is 4.40. The molecular formula is C28H40N4O3. The number of ether oxygens (including phenoxy) is 1. The molecule has 2 aliphatic rings. The minimum atomic E-state index is 0.0979. The maximum Gasteiger partial charge on any atom is 0.236 e. The molecule has 0 saturated carbocycles. The smallest absolute Gasteiger partial charge is 0.236 e. The first kappa shape index (κ1) is 26.7. The van der Waals surface area contributed by atoms with E-state index < -0.39 is 0 Å². The number of carbonyl (C=O) groups is 2. The van der Waals surface area contributed by atoms with E-state index in [0.29, 0.717) is 31.8 Å². The Morgan fingerprint density at radius 1 is 0.714 bits per heavy atom. The van der Waals surface area contributed by atoms with Crippen LogP contribution in [0, 0.1) is 0 Å². The summed E-state index contributed by atoms with van der Waals surface area (Å²) in [5.74, 6) is 1.77. The van der Waals surface area contributed by atoms with Crippen molar-refractivity contribution in [1.29, 1.82) is 0 Å². The fourth-order valence-electron chi connectivity index (χ4n) is 4.40. The molecule has 2 heterocycles. The van der Waals surface area contributed by atoms with Crippen molar-refractivity contribution in [3.05, 3.63) is 60.2 Å². The molecule has 2 aromatic rings. The topological polar surface area (TPSA) is 56.3 Å². The zero-order valence-electron chi connectivity index (χ0n) is 21.5. The average Bonchev–Trinajstić information content (AvgIpc) is 2.92. The van der Waals surface area contributed by atoms with Crippen molar-refractivity contribution in [2.24, 2.45) is 0 Å². The van der Waals surface area contributed by atoms with Crippen molar-refractivity contribution in [1.82, 2.24) is 19.6 Å². The molecule has 2 aliphatic heterocycles. The van der Waals surface area contributed by atoms with Crippen molar-refractivity contribution in [2.45, 2.75) is 27.2 Å². The summed E-state index contributed by atoms with van der Waals surface area (Å²) in [6, 6.07) is 17.3. The van der Waals surface area contributed by atoms with Crippen LogP contribution in [0.2, 0.25) is 0 Å². The van der Waals surface area contributed by atoms with E-state index in [-0.39, 0.29) is 11.8 Å². The van der Waals surface area contributed by atoms with Gasteiger partial charge in [0.2, 0.25) is 11.8 Å². The molecule has 35 heavy (non-hydrogen) atoms. The van der Waals surface area contributed by atoms with Crippen LogP contribution in [-0.2, 0) is 16.0 Å². The number of rotatable bonds is 7. The Hall–Kier alpha value is -2.90. The lowest BCUT2D eigenvalue weighted by molar-refractivity contribution is -0.136. The van der Waals surface area contributed by atoms with Crippen molar-refractivity contribution < 1.29 is 14.3 Å². The molecule has 0 radical (unpaired) electrons.